The van der Waals surface area contributed by atoms with Gasteiger partial charge >= 0.3 is 0 Å². The summed E-state index contributed by atoms with van der Waals surface area (Å²) in [5, 5.41) is 3.38. The number of hydrogen-bond donors (Lipinski definition) is 1. The molecule has 2 rings (SSSR count). The fraction of sp³-hybridized carbons (Fsp3) is 0.800. The van der Waals surface area contributed by atoms with Gasteiger partial charge in [0.1, 0.15) is 5.76 Å². The van der Waals surface area contributed by atoms with Crippen molar-refractivity contribution in [3.63, 3.8) is 0 Å². The van der Waals surface area contributed by atoms with E-state index in [1.807, 2.05) is 6.20 Å². The molecule has 1 saturated carbocycles. The van der Waals surface area contributed by atoms with Gasteiger partial charge in [0.2, 0.25) is 0 Å². The first kappa shape index (κ1) is 13.6. The van der Waals surface area contributed by atoms with Crippen molar-refractivity contribution in [2.45, 2.75) is 58.8 Å². The van der Waals surface area contributed by atoms with Gasteiger partial charge in [-0.2, -0.15) is 0 Å². The Morgan fingerprint density at radius 2 is 2.28 bits per heavy atom. The van der Waals surface area contributed by atoms with Crippen LogP contribution in [-0.2, 0) is 6.42 Å². The summed E-state index contributed by atoms with van der Waals surface area (Å²) in [6, 6.07) is 0. The van der Waals surface area contributed by atoms with E-state index in [-0.39, 0.29) is 0 Å². The van der Waals surface area contributed by atoms with Crippen LogP contribution in [0, 0.1) is 5.41 Å². The minimum atomic E-state index is 0.372. The minimum Gasteiger partial charge on any atom is -0.445 e. The summed E-state index contributed by atoms with van der Waals surface area (Å²) >= 11 is 0. The molecule has 1 aromatic heterocycles. The maximum Gasteiger partial charge on any atom is 0.195 e. The summed E-state index contributed by atoms with van der Waals surface area (Å²) in [4.78, 5) is 4.42. The molecule has 1 heterocycles. The SMILES string of the molecule is CCCNCCc1ncc(C2CCCC2(C)C)o1. The Hall–Kier alpha value is -0.830. The molecule has 1 N–H and O–H groups in total. The van der Waals surface area contributed by atoms with E-state index in [2.05, 4.69) is 31.1 Å². The van der Waals surface area contributed by atoms with E-state index in [1.54, 1.807) is 0 Å². The number of rotatable bonds is 6. The Balaban J connectivity index is 1.90. The lowest BCUT2D eigenvalue weighted by atomic mass is 9.81. The molecular formula is C15H26N2O. The predicted molar refractivity (Wildman–Crippen MR) is 73.7 cm³/mol. The first-order valence-corrected chi connectivity index (χ1v) is 7.29. The van der Waals surface area contributed by atoms with Crippen molar-refractivity contribution < 1.29 is 4.42 Å². The molecule has 3 heteroatoms. The maximum absolute atomic E-state index is 5.93. The number of aromatic nitrogens is 1. The van der Waals surface area contributed by atoms with Crippen LogP contribution in [0.25, 0.3) is 0 Å². The van der Waals surface area contributed by atoms with Crippen LogP contribution in [-0.4, -0.2) is 18.1 Å². The zero-order valence-electron chi connectivity index (χ0n) is 12.0. The third-order valence-electron chi connectivity index (χ3n) is 4.11. The highest BCUT2D eigenvalue weighted by atomic mass is 16.4. The molecule has 18 heavy (non-hydrogen) atoms. The molecule has 1 aliphatic rings. The van der Waals surface area contributed by atoms with Gasteiger partial charge in [-0.3, -0.25) is 0 Å². The molecule has 0 aromatic carbocycles. The molecular weight excluding hydrogens is 224 g/mol. The molecule has 1 aromatic rings. The van der Waals surface area contributed by atoms with Crippen LogP contribution < -0.4 is 5.32 Å². The van der Waals surface area contributed by atoms with Gasteiger partial charge in [-0.05, 0) is 31.2 Å². The minimum absolute atomic E-state index is 0.372. The molecule has 0 saturated heterocycles. The molecule has 1 fully saturated rings. The van der Waals surface area contributed by atoms with Gasteiger partial charge in [-0.15, -0.1) is 0 Å². The van der Waals surface area contributed by atoms with Gasteiger partial charge in [0, 0.05) is 18.9 Å². The van der Waals surface area contributed by atoms with Crippen LogP contribution in [0.3, 0.4) is 0 Å². The van der Waals surface area contributed by atoms with E-state index in [0.29, 0.717) is 11.3 Å². The first-order chi connectivity index (χ1) is 8.63. The number of oxazole rings is 1. The van der Waals surface area contributed by atoms with Gasteiger partial charge < -0.3 is 9.73 Å². The maximum atomic E-state index is 5.93. The van der Waals surface area contributed by atoms with Crippen LogP contribution >= 0.6 is 0 Å². The molecule has 1 unspecified atom stereocenters. The smallest absolute Gasteiger partial charge is 0.195 e. The van der Waals surface area contributed by atoms with Crippen molar-refractivity contribution in [1.82, 2.24) is 10.3 Å². The number of hydrogen-bond acceptors (Lipinski definition) is 3. The molecule has 0 bridgehead atoms. The zero-order valence-corrected chi connectivity index (χ0v) is 12.0. The van der Waals surface area contributed by atoms with Gasteiger partial charge in [-0.25, -0.2) is 4.98 Å². The first-order valence-electron chi connectivity index (χ1n) is 7.29. The van der Waals surface area contributed by atoms with Crippen molar-refractivity contribution in [3.05, 3.63) is 17.8 Å². The summed E-state index contributed by atoms with van der Waals surface area (Å²) in [7, 11) is 0. The Morgan fingerprint density at radius 3 is 2.94 bits per heavy atom. The van der Waals surface area contributed by atoms with Crippen molar-refractivity contribution in [2.24, 2.45) is 5.41 Å². The molecule has 3 nitrogen and oxygen atoms in total. The summed E-state index contributed by atoms with van der Waals surface area (Å²) in [6.07, 6.45) is 7.88. The van der Waals surface area contributed by atoms with Gasteiger partial charge in [-0.1, -0.05) is 27.2 Å². The monoisotopic (exact) mass is 250 g/mol. The average Bonchev–Trinajstić information content (AvgIpc) is 2.90. The highest BCUT2D eigenvalue weighted by molar-refractivity contribution is 5.09. The molecule has 0 spiro atoms. The third-order valence-corrected chi connectivity index (χ3v) is 4.11. The largest absolute Gasteiger partial charge is 0.445 e. The van der Waals surface area contributed by atoms with Crippen molar-refractivity contribution in [2.75, 3.05) is 13.1 Å². The molecule has 0 radical (unpaired) electrons. The van der Waals surface area contributed by atoms with E-state index in [4.69, 9.17) is 4.42 Å². The van der Waals surface area contributed by atoms with E-state index in [0.717, 1.165) is 31.2 Å². The van der Waals surface area contributed by atoms with Crippen molar-refractivity contribution in [1.29, 1.82) is 0 Å². The highest BCUT2D eigenvalue weighted by Gasteiger charge is 2.37. The second-order valence-electron chi connectivity index (χ2n) is 6.09. The van der Waals surface area contributed by atoms with Crippen LogP contribution in [0.2, 0.25) is 0 Å². The highest BCUT2D eigenvalue weighted by Crippen LogP contribution is 2.48. The fourth-order valence-corrected chi connectivity index (χ4v) is 2.95. The van der Waals surface area contributed by atoms with Gasteiger partial charge in [0.05, 0.1) is 6.20 Å². The lowest BCUT2D eigenvalue weighted by Gasteiger charge is -2.24. The summed E-state index contributed by atoms with van der Waals surface area (Å²) in [6.45, 7) is 8.90. The number of nitrogens with one attached hydrogen (secondary N) is 1. The van der Waals surface area contributed by atoms with E-state index in [9.17, 15) is 0 Å². The lowest BCUT2D eigenvalue weighted by Crippen LogP contribution is -2.17. The second kappa shape index (κ2) is 5.87. The Kier molecular flexibility index (Phi) is 4.44. The van der Waals surface area contributed by atoms with E-state index in [1.165, 1.54) is 25.7 Å². The predicted octanol–water partition coefficient (Wildman–Crippen LogP) is 3.51. The summed E-state index contributed by atoms with van der Waals surface area (Å²) in [5.74, 6) is 2.54. The van der Waals surface area contributed by atoms with Crippen molar-refractivity contribution in [3.8, 4) is 0 Å². The quantitative estimate of drug-likeness (QED) is 0.785. The lowest BCUT2D eigenvalue weighted by molar-refractivity contribution is 0.287. The molecule has 1 aliphatic carbocycles. The Morgan fingerprint density at radius 1 is 1.44 bits per heavy atom. The molecule has 1 atom stereocenters. The van der Waals surface area contributed by atoms with Gasteiger partial charge in [0.15, 0.2) is 5.89 Å². The van der Waals surface area contributed by atoms with Crippen molar-refractivity contribution >= 4 is 0 Å². The van der Waals surface area contributed by atoms with Gasteiger partial charge in [0.25, 0.3) is 0 Å². The topological polar surface area (TPSA) is 38.1 Å². The Labute approximate surface area is 110 Å². The number of nitrogens with zero attached hydrogens (tertiary/aromatic N) is 1. The van der Waals surface area contributed by atoms with E-state index < -0.39 is 0 Å². The van der Waals surface area contributed by atoms with E-state index >= 15 is 0 Å². The molecule has 102 valence electrons. The molecule has 0 aliphatic heterocycles. The fourth-order valence-electron chi connectivity index (χ4n) is 2.95. The van der Waals surface area contributed by atoms with Crippen LogP contribution in [0.15, 0.2) is 10.6 Å². The average molecular weight is 250 g/mol. The third kappa shape index (κ3) is 3.14. The normalized spacial score (nSPS) is 22.5. The Bertz CT molecular complexity index is 370. The summed E-state index contributed by atoms with van der Waals surface area (Å²) in [5.41, 5.74) is 0.372. The van der Waals surface area contributed by atoms with Crippen LogP contribution in [0.1, 0.15) is 64.0 Å². The zero-order chi connectivity index (χ0) is 13.0. The van der Waals surface area contributed by atoms with Crippen LogP contribution in [0.5, 0.6) is 0 Å². The molecule has 0 amide bonds. The standard InChI is InChI=1S/C15H26N2O/c1-4-9-16-10-7-14-17-11-13(18-14)12-6-5-8-15(12,2)3/h11-12,16H,4-10H2,1-3H3. The van der Waals surface area contributed by atoms with Crippen LogP contribution in [0.4, 0.5) is 0 Å². The second-order valence-corrected chi connectivity index (χ2v) is 6.09. The summed E-state index contributed by atoms with van der Waals surface area (Å²) < 4.78 is 5.93.